The maximum atomic E-state index is 12.5. The lowest BCUT2D eigenvalue weighted by molar-refractivity contribution is -0.906. The Kier molecular flexibility index (Phi) is 4.85. The number of quaternary nitrogens is 1. The Bertz CT molecular complexity index is 940. The Balaban J connectivity index is 1.47. The quantitative estimate of drug-likeness (QED) is 0.835. The number of fused-ring (bicyclic) bond motifs is 4. The monoisotopic (exact) mass is 414 g/mol. The third-order valence-electron chi connectivity index (χ3n) is 6.56. The molecule has 1 saturated heterocycles. The van der Waals surface area contributed by atoms with Crippen molar-refractivity contribution in [3.8, 4) is 11.5 Å². The molecule has 1 fully saturated rings. The van der Waals surface area contributed by atoms with Crippen molar-refractivity contribution in [3.63, 3.8) is 0 Å². The highest BCUT2D eigenvalue weighted by Gasteiger charge is 2.52. The van der Waals surface area contributed by atoms with Crippen LogP contribution in [0.2, 0.25) is 0 Å². The number of likely N-dealkylation sites (tertiary alicyclic amines) is 1. The van der Waals surface area contributed by atoms with Crippen molar-refractivity contribution in [3.05, 3.63) is 59.7 Å². The minimum atomic E-state index is -2.82. The van der Waals surface area contributed by atoms with Crippen LogP contribution < -0.4 is 14.4 Å². The summed E-state index contributed by atoms with van der Waals surface area (Å²) in [4.78, 5) is 1.60. The average Bonchev–Trinajstić information content (AvgIpc) is 3.21. The Morgan fingerprint density at radius 1 is 1.17 bits per heavy atom. The van der Waals surface area contributed by atoms with Gasteiger partial charge in [-0.25, -0.2) is 5.01 Å². The van der Waals surface area contributed by atoms with Crippen LogP contribution in [0.1, 0.15) is 43.4 Å². The molecule has 0 aliphatic carbocycles. The predicted octanol–water partition coefficient (Wildman–Crippen LogP) is 3.23. The molecule has 2 aromatic carbocycles. The van der Waals surface area contributed by atoms with E-state index >= 15 is 0 Å². The van der Waals surface area contributed by atoms with Gasteiger partial charge >= 0.3 is 6.61 Å². The average molecular weight is 414 g/mol. The first-order valence-electron chi connectivity index (χ1n) is 10.6. The lowest BCUT2D eigenvalue weighted by atomic mass is 9.90. The highest BCUT2D eigenvalue weighted by molar-refractivity contribution is 6.02. The summed E-state index contributed by atoms with van der Waals surface area (Å²) in [5, 5.41) is 7.21. The summed E-state index contributed by atoms with van der Waals surface area (Å²) >= 11 is 0. The molecule has 7 heteroatoms. The highest BCUT2D eigenvalue weighted by atomic mass is 19.3. The molecule has 0 bridgehead atoms. The van der Waals surface area contributed by atoms with Gasteiger partial charge in [0.1, 0.15) is 11.5 Å². The molecule has 1 atom stereocenters. The van der Waals surface area contributed by atoms with Gasteiger partial charge in [0.05, 0.1) is 44.2 Å². The van der Waals surface area contributed by atoms with Crippen LogP contribution in [0, 0.1) is 0 Å². The number of piperidine rings is 1. The molecule has 3 aliphatic heterocycles. The number of nitrogens with zero attached hydrogens (tertiary/aromatic N) is 2. The summed E-state index contributed by atoms with van der Waals surface area (Å²) in [7, 11) is 0. The largest absolute Gasteiger partial charge is 0.466 e. The molecule has 1 N–H and O–H groups in total. The topological polar surface area (TPSA) is 38.5 Å². The molecule has 0 aromatic heterocycles. The van der Waals surface area contributed by atoms with Crippen LogP contribution in [0.25, 0.3) is 0 Å². The smallest absolute Gasteiger partial charge is 0.387 e. The first-order valence-corrected chi connectivity index (χ1v) is 10.6. The summed E-state index contributed by atoms with van der Waals surface area (Å²) in [6.45, 7) is 2.65. The zero-order valence-electron chi connectivity index (χ0n) is 17.0. The van der Waals surface area contributed by atoms with Crippen molar-refractivity contribution in [2.45, 2.75) is 44.6 Å². The van der Waals surface area contributed by atoms with Crippen LogP contribution in [0.15, 0.2) is 53.6 Å². The molecule has 0 saturated carbocycles. The zero-order valence-corrected chi connectivity index (χ0v) is 17.0. The lowest BCUT2D eigenvalue weighted by Gasteiger charge is -2.50. The fraction of sp³-hybridized carbons (Fsp3) is 0.435. The molecule has 2 aromatic rings. The fourth-order valence-electron chi connectivity index (χ4n) is 4.91. The SMILES string of the molecule is CC[NH+]1CCC2(CC1)Oc1ccccc1[C@@H]1CC(c3ccc(OC(F)F)cc3)=NN12. The van der Waals surface area contributed by atoms with Crippen LogP contribution >= 0.6 is 0 Å². The second-order valence-corrected chi connectivity index (χ2v) is 8.20. The van der Waals surface area contributed by atoms with E-state index in [1.165, 1.54) is 0 Å². The fourth-order valence-corrected chi connectivity index (χ4v) is 4.91. The minimum absolute atomic E-state index is 0.130. The van der Waals surface area contributed by atoms with Gasteiger partial charge in [0, 0.05) is 12.0 Å². The first-order chi connectivity index (χ1) is 14.6. The van der Waals surface area contributed by atoms with Crippen LogP contribution in [-0.4, -0.2) is 42.7 Å². The number of rotatable bonds is 4. The molecular weight excluding hydrogens is 388 g/mol. The van der Waals surface area contributed by atoms with Crippen molar-refractivity contribution in [1.29, 1.82) is 0 Å². The minimum Gasteiger partial charge on any atom is -0.466 e. The van der Waals surface area contributed by atoms with Gasteiger partial charge in [0.15, 0.2) is 0 Å². The number of alkyl halides is 2. The second-order valence-electron chi connectivity index (χ2n) is 8.20. The number of halogens is 2. The van der Waals surface area contributed by atoms with Gasteiger partial charge in [-0.05, 0) is 42.8 Å². The standard InChI is InChI=1S/C23H25F2N3O2/c1-2-27-13-11-23(12-14-27)28-20(18-5-3-4-6-21(18)30-23)15-19(26-28)16-7-9-17(10-8-16)29-22(24)25/h3-10,20,22H,2,11-15H2,1H3/p+1/t20-/m0/s1. The molecule has 5 rings (SSSR count). The van der Waals surface area contributed by atoms with Crippen molar-refractivity contribution in [2.75, 3.05) is 19.6 Å². The summed E-state index contributed by atoms with van der Waals surface area (Å²) in [5.74, 6) is 1.11. The summed E-state index contributed by atoms with van der Waals surface area (Å²) in [5.41, 5.74) is 2.62. The van der Waals surface area contributed by atoms with Crippen LogP contribution in [-0.2, 0) is 0 Å². The number of hydrogen-bond acceptors (Lipinski definition) is 4. The van der Waals surface area contributed by atoms with E-state index in [1.54, 1.807) is 29.2 Å². The van der Waals surface area contributed by atoms with Gasteiger partial charge < -0.3 is 14.4 Å². The number of ether oxygens (including phenoxy) is 2. The number of benzene rings is 2. The van der Waals surface area contributed by atoms with Gasteiger partial charge in [-0.15, -0.1) is 0 Å². The van der Waals surface area contributed by atoms with Crippen molar-refractivity contribution >= 4 is 5.71 Å². The third kappa shape index (κ3) is 3.31. The van der Waals surface area contributed by atoms with Gasteiger partial charge in [0.2, 0.25) is 5.72 Å². The van der Waals surface area contributed by atoms with E-state index in [0.29, 0.717) is 0 Å². The molecule has 0 amide bonds. The van der Waals surface area contributed by atoms with E-state index < -0.39 is 12.3 Å². The van der Waals surface area contributed by atoms with Crippen LogP contribution in [0.5, 0.6) is 11.5 Å². The molecule has 30 heavy (non-hydrogen) atoms. The van der Waals surface area contributed by atoms with E-state index in [9.17, 15) is 8.78 Å². The van der Waals surface area contributed by atoms with E-state index in [1.807, 2.05) is 12.1 Å². The van der Waals surface area contributed by atoms with Crippen LogP contribution in [0.4, 0.5) is 8.78 Å². The summed E-state index contributed by atoms with van der Waals surface area (Å²) < 4.78 is 36.0. The second kappa shape index (κ2) is 7.54. The molecular formula is C23H26F2N3O2+. The first kappa shape index (κ1) is 19.3. The number of para-hydroxylation sites is 1. The summed E-state index contributed by atoms with van der Waals surface area (Å²) in [6, 6.07) is 15.1. The Labute approximate surface area is 174 Å². The molecule has 158 valence electrons. The zero-order chi connectivity index (χ0) is 20.7. The van der Waals surface area contributed by atoms with Gasteiger partial charge in [-0.1, -0.05) is 18.2 Å². The molecule has 1 spiro atoms. The van der Waals surface area contributed by atoms with Crippen molar-refractivity contribution in [1.82, 2.24) is 5.01 Å². The number of nitrogens with one attached hydrogen (secondary N) is 1. The molecule has 0 unspecified atom stereocenters. The maximum Gasteiger partial charge on any atom is 0.387 e. The number of hydrogen-bond donors (Lipinski definition) is 1. The van der Waals surface area contributed by atoms with E-state index in [2.05, 4.69) is 28.8 Å². The molecule has 0 radical (unpaired) electrons. The molecule has 5 nitrogen and oxygen atoms in total. The predicted molar refractivity (Wildman–Crippen MR) is 109 cm³/mol. The van der Waals surface area contributed by atoms with Crippen LogP contribution in [0.3, 0.4) is 0 Å². The van der Waals surface area contributed by atoms with E-state index in [-0.39, 0.29) is 11.8 Å². The molecule has 3 heterocycles. The lowest BCUT2D eigenvalue weighted by Crippen LogP contribution is -3.13. The van der Waals surface area contributed by atoms with Gasteiger partial charge in [-0.2, -0.15) is 13.9 Å². The van der Waals surface area contributed by atoms with Gasteiger partial charge in [-0.3, -0.25) is 0 Å². The highest BCUT2D eigenvalue weighted by Crippen LogP contribution is 2.49. The normalized spacial score (nSPS) is 27.5. The number of hydrazone groups is 1. The molecule has 3 aliphatic rings. The Hall–Kier alpha value is -2.67. The summed E-state index contributed by atoms with van der Waals surface area (Å²) in [6.07, 6.45) is 2.62. The van der Waals surface area contributed by atoms with E-state index in [0.717, 1.165) is 61.5 Å². The third-order valence-corrected chi connectivity index (χ3v) is 6.56. The maximum absolute atomic E-state index is 12.5. The van der Waals surface area contributed by atoms with E-state index in [4.69, 9.17) is 9.84 Å². The van der Waals surface area contributed by atoms with Crippen molar-refractivity contribution < 1.29 is 23.2 Å². The Morgan fingerprint density at radius 3 is 2.60 bits per heavy atom. The van der Waals surface area contributed by atoms with Crippen molar-refractivity contribution in [2.24, 2.45) is 5.10 Å². The van der Waals surface area contributed by atoms with Gasteiger partial charge in [0.25, 0.3) is 0 Å². The Morgan fingerprint density at radius 2 is 1.90 bits per heavy atom.